The number of carboxylic acid groups (broad SMARTS) is 1. The van der Waals surface area contributed by atoms with Crippen LogP contribution in [0.1, 0.15) is 17.5 Å². The predicted octanol–water partition coefficient (Wildman–Crippen LogP) is 1.73. The zero-order valence-corrected chi connectivity index (χ0v) is 9.62. The SMILES string of the molecule is C#CC(C)Oc1nc(C(=O)O)nc2ccccc12. The normalized spacial score (nSPS) is 11.8. The molecule has 2 rings (SSSR count). The van der Waals surface area contributed by atoms with Crippen molar-refractivity contribution < 1.29 is 14.6 Å². The number of nitrogens with zero attached hydrogens (tertiary/aromatic N) is 2. The zero-order chi connectivity index (χ0) is 13.1. The van der Waals surface area contributed by atoms with E-state index in [1.54, 1.807) is 31.2 Å². The van der Waals surface area contributed by atoms with Crippen molar-refractivity contribution in [3.8, 4) is 18.2 Å². The predicted molar refractivity (Wildman–Crippen MR) is 65.4 cm³/mol. The summed E-state index contributed by atoms with van der Waals surface area (Å²) >= 11 is 0. The number of fused-ring (bicyclic) bond motifs is 1. The number of benzene rings is 1. The maximum atomic E-state index is 10.9. The Morgan fingerprint density at radius 1 is 1.44 bits per heavy atom. The van der Waals surface area contributed by atoms with Gasteiger partial charge in [0.1, 0.15) is 0 Å². The summed E-state index contributed by atoms with van der Waals surface area (Å²) in [4.78, 5) is 18.7. The molecule has 0 spiro atoms. The monoisotopic (exact) mass is 242 g/mol. The third kappa shape index (κ3) is 2.23. The van der Waals surface area contributed by atoms with Crippen LogP contribution in [0.3, 0.4) is 0 Å². The molecule has 1 atom stereocenters. The van der Waals surface area contributed by atoms with Crippen LogP contribution in [0.2, 0.25) is 0 Å². The maximum absolute atomic E-state index is 10.9. The summed E-state index contributed by atoms with van der Waals surface area (Å²) in [7, 11) is 0. The van der Waals surface area contributed by atoms with E-state index in [0.717, 1.165) is 0 Å². The Balaban J connectivity index is 2.61. The number of hydrogen-bond donors (Lipinski definition) is 1. The van der Waals surface area contributed by atoms with E-state index in [2.05, 4.69) is 15.9 Å². The second-order valence-corrected chi connectivity index (χ2v) is 3.60. The fourth-order valence-corrected chi connectivity index (χ4v) is 1.43. The first kappa shape index (κ1) is 11.9. The Kier molecular flexibility index (Phi) is 3.11. The molecule has 1 heterocycles. The number of terminal acetylenes is 1. The minimum Gasteiger partial charge on any atom is -0.475 e. The molecule has 1 unspecified atom stereocenters. The van der Waals surface area contributed by atoms with E-state index in [-0.39, 0.29) is 11.7 Å². The second kappa shape index (κ2) is 4.72. The fraction of sp³-hybridized carbons (Fsp3) is 0.154. The molecule has 0 aliphatic rings. The van der Waals surface area contributed by atoms with Crippen LogP contribution in [-0.4, -0.2) is 27.1 Å². The highest BCUT2D eigenvalue weighted by atomic mass is 16.5. The van der Waals surface area contributed by atoms with Crippen molar-refractivity contribution in [3.05, 3.63) is 30.1 Å². The van der Waals surface area contributed by atoms with Crippen LogP contribution in [0.5, 0.6) is 5.88 Å². The Bertz CT molecular complexity index is 646. The fourth-order valence-electron chi connectivity index (χ4n) is 1.43. The average molecular weight is 242 g/mol. The molecule has 0 bridgehead atoms. The van der Waals surface area contributed by atoms with Gasteiger partial charge >= 0.3 is 5.97 Å². The summed E-state index contributed by atoms with van der Waals surface area (Å²) in [5.74, 6) is 1.06. The van der Waals surface area contributed by atoms with E-state index in [1.807, 2.05) is 0 Å². The van der Waals surface area contributed by atoms with Crippen molar-refractivity contribution in [3.63, 3.8) is 0 Å². The number of carbonyl (C=O) groups is 1. The molecule has 0 fully saturated rings. The molecule has 0 saturated heterocycles. The van der Waals surface area contributed by atoms with Gasteiger partial charge < -0.3 is 9.84 Å². The van der Waals surface area contributed by atoms with E-state index in [1.165, 1.54) is 0 Å². The number of para-hydroxylation sites is 1. The highest BCUT2D eigenvalue weighted by Crippen LogP contribution is 2.23. The molecular weight excluding hydrogens is 232 g/mol. The van der Waals surface area contributed by atoms with Crippen molar-refractivity contribution in [2.24, 2.45) is 0 Å². The van der Waals surface area contributed by atoms with Crippen LogP contribution in [0.25, 0.3) is 10.9 Å². The van der Waals surface area contributed by atoms with Crippen LogP contribution in [-0.2, 0) is 0 Å². The lowest BCUT2D eigenvalue weighted by Crippen LogP contribution is -2.12. The third-order valence-electron chi connectivity index (χ3n) is 2.28. The highest BCUT2D eigenvalue weighted by molar-refractivity contribution is 5.89. The molecule has 1 aromatic heterocycles. The summed E-state index contributed by atoms with van der Waals surface area (Å²) in [5, 5.41) is 9.57. The standard InChI is InChI=1S/C13H10N2O3/c1-3-8(2)18-12-9-6-4-5-7-10(9)14-11(15-12)13(16)17/h1,4-8H,2H3,(H,16,17). The van der Waals surface area contributed by atoms with Crippen molar-refractivity contribution >= 4 is 16.9 Å². The summed E-state index contributed by atoms with van der Waals surface area (Å²) < 4.78 is 5.42. The second-order valence-electron chi connectivity index (χ2n) is 3.60. The number of aromatic nitrogens is 2. The summed E-state index contributed by atoms with van der Waals surface area (Å²) in [6, 6.07) is 6.99. The lowest BCUT2D eigenvalue weighted by molar-refractivity contribution is 0.0682. The molecule has 5 heteroatoms. The van der Waals surface area contributed by atoms with Gasteiger partial charge in [-0.15, -0.1) is 6.42 Å². The molecule has 1 N–H and O–H groups in total. The molecule has 2 aromatic rings. The summed E-state index contributed by atoms with van der Waals surface area (Å²) in [6.45, 7) is 1.68. The van der Waals surface area contributed by atoms with Gasteiger partial charge in [0.2, 0.25) is 11.7 Å². The van der Waals surface area contributed by atoms with Gasteiger partial charge in [0.05, 0.1) is 10.9 Å². The van der Waals surface area contributed by atoms with Gasteiger partial charge in [0.25, 0.3) is 0 Å². The number of carboxylic acids is 1. The van der Waals surface area contributed by atoms with Gasteiger partial charge in [-0.3, -0.25) is 0 Å². The minimum absolute atomic E-state index is 0.184. The zero-order valence-electron chi connectivity index (χ0n) is 9.62. The topological polar surface area (TPSA) is 72.3 Å². The molecule has 0 amide bonds. The van der Waals surface area contributed by atoms with Crippen molar-refractivity contribution in [1.29, 1.82) is 0 Å². The van der Waals surface area contributed by atoms with Crippen LogP contribution in [0.4, 0.5) is 0 Å². The smallest absolute Gasteiger partial charge is 0.374 e. The molecule has 0 saturated carbocycles. The van der Waals surface area contributed by atoms with Gasteiger partial charge in [0, 0.05) is 0 Å². The van der Waals surface area contributed by atoms with E-state index >= 15 is 0 Å². The first-order valence-electron chi connectivity index (χ1n) is 5.24. The molecule has 5 nitrogen and oxygen atoms in total. The number of aromatic carboxylic acids is 1. The van der Waals surface area contributed by atoms with Gasteiger partial charge in [-0.05, 0) is 19.1 Å². The first-order valence-corrected chi connectivity index (χ1v) is 5.24. The van der Waals surface area contributed by atoms with Gasteiger partial charge in [0.15, 0.2) is 6.10 Å². The Morgan fingerprint density at radius 3 is 2.83 bits per heavy atom. The van der Waals surface area contributed by atoms with Gasteiger partial charge in [-0.1, -0.05) is 18.1 Å². The van der Waals surface area contributed by atoms with Gasteiger partial charge in [-0.2, -0.15) is 4.98 Å². The minimum atomic E-state index is -1.21. The maximum Gasteiger partial charge on any atom is 0.374 e. The summed E-state index contributed by atoms with van der Waals surface area (Å²) in [6.07, 6.45) is 4.73. The average Bonchev–Trinajstić information content (AvgIpc) is 2.38. The largest absolute Gasteiger partial charge is 0.475 e. The van der Waals surface area contributed by atoms with E-state index < -0.39 is 12.1 Å². The highest BCUT2D eigenvalue weighted by Gasteiger charge is 2.14. The first-order chi connectivity index (χ1) is 8.61. The van der Waals surface area contributed by atoms with E-state index in [9.17, 15) is 4.79 Å². The molecule has 90 valence electrons. The molecule has 0 radical (unpaired) electrons. The number of hydrogen-bond acceptors (Lipinski definition) is 4. The molecule has 0 aliphatic carbocycles. The Morgan fingerprint density at radius 2 is 2.17 bits per heavy atom. The van der Waals surface area contributed by atoms with E-state index in [4.69, 9.17) is 16.3 Å². The lowest BCUT2D eigenvalue weighted by Gasteiger charge is -2.10. The quantitative estimate of drug-likeness (QED) is 0.830. The van der Waals surface area contributed by atoms with Gasteiger partial charge in [-0.25, -0.2) is 9.78 Å². The van der Waals surface area contributed by atoms with Crippen LogP contribution < -0.4 is 4.74 Å². The molecule has 18 heavy (non-hydrogen) atoms. The molecule has 1 aromatic carbocycles. The lowest BCUT2D eigenvalue weighted by atomic mass is 10.2. The van der Waals surface area contributed by atoms with Crippen LogP contribution >= 0.6 is 0 Å². The summed E-state index contributed by atoms with van der Waals surface area (Å²) in [5.41, 5.74) is 0.504. The van der Waals surface area contributed by atoms with Crippen LogP contribution in [0.15, 0.2) is 24.3 Å². The third-order valence-corrected chi connectivity index (χ3v) is 2.28. The number of ether oxygens (including phenoxy) is 1. The van der Waals surface area contributed by atoms with Crippen LogP contribution in [0, 0.1) is 12.3 Å². The Hall–Kier alpha value is -2.61. The molecule has 0 aliphatic heterocycles. The van der Waals surface area contributed by atoms with Crippen molar-refractivity contribution in [2.45, 2.75) is 13.0 Å². The van der Waals surface area contributed by atoms with E-state index in [0.29, 0.717) is 10.9 Å². The Labute approximate surface area is 103 Å². The van der Waals surface area contributed by atoms with Crippen molar-refractivity contribution in [2.75, 3.05) is 0 Å². The molecular formula is C13H10N2O3. The van der Waals surface area contributed by atoms with Crippen molar-refractivity contribution in [1.82, 2.24) is 9.97 Å². The number of rotatable bonds is 3.